The summed E-state index contributed by atoms with van der Waals surface area (Å²) in [5.74, 6) is -19.8. The van der Waals surface area contributed by atoms with Crippen LogP contribution < -0.4 is 0 Å². The van der Waals surface area contributed by atoms with Gasteiger partial charge in [-0.05, 0) is 0 Å². The maximum absolute atomic E-state index is 13.6. The fraction of sp³-hybridized carbons (Fsp3) is 0.667. The smallest absolute Gasteiger partial charge is 0.378 e. The summed E-state index contributed by atoms with van der Waals surface area (Å²) in [6, 6.07) is 0. The molecule has 1 rings (SSSR count). The third kappa shape index (κ3) is 1.71. The Morgan fingerprint density at radius 2 is 1.58 bits per heavy atom. The van der Waals surface area contributed by atoms with E-state index in [9.17, 15) is 39.9 Å². The van der Waals surface area contributed by atoms with Gasteiger partial charge >= 0.3 is 23.7 Å². The second-order valence-electron chi connectivity index (χ2n) is 3.81. The number of halogens is 8. The monoisotopic (exact) mass is 298 g/mol. The van der Waals surface area contributed by atoms with Crippen molar-refractivity contribution >= 4 is 5.97 Å². The highest BCUT2D eigenvalue weighted by Gasteiger charge is 2.93. The van der Waals surface area contributed by atoms with Crippen molar-refractivity contribution in [2.45, 2.75) is 29.6 Å². The highest BCUT2D eigenvalue weighted by Crippen LogP contribution is 2.63. The van der Waals surface area contributed by atoms with Crippen LogP contribution in [-0.4, -0.2) is 42.2 Å². The third-order valence-corrected chi connectivity index (χ3v) is 2.65. The Morgan fingerprint density at radius 1 is 1.11 bits per heavy atom. The fourth-order valence-corrected chi connectivity index (χ4v) is 1.47. The van der Waals surface area contributed by atoms with E-state index in [1.54, 1.807) is 0 Å². The van der Waals surface area contributed by atoms with E-state index in [0.29, 0.717) is 6.08 Å². The number of esters is 1. The number of rotatable bonds is 3. The predicted octanol–water partition coefficient (Wildman–Crippen LogP) is 2.68. The number of alkyl halides is 8. The van der Waals surface area contributed by atoms with Crippen LogP contribution in [0.5, 0.6) is 0 Å². The summed E-state index contributed by atoms with van der Waals surface area (Å²) in [7, 11) is 0. The summed E-state index contributed by atoms with van der Waals surface area (Å²) in [5.41, 5.74) is -5.04. The molecule has 0 aromatic carbocycles. The molecule has 0 aliphatic heterocycles. The van der Waals surface area contributed by atoms with Crippen LogP contribution in [0.4, 0.5) is 35.1 Å². The summed E-state index contributed by atoms with van der Waals surface area (Å²) in [5, 5.41) is 0. The average Bonchev–Trinajstić information content (AvgIpc) is 2.38. The van der Waals surface area contributed by atoms with Crippen molar-refractivity contribution in [1.82, 2.24) is 0 Å². The van der Waals surface area contributed by atoms with E-state index >= 15 is 0 Å². The van der Waals surface area contributed by atoms with Gasteiger partial charge in [0.2, 0.25) is 6.17 Å². The molecular weight excluding hydrogens is 292 g/mol. The first-order chi connectivity index (χ1) is 8.36. The fourth-order valence-electron chi connectivity index (χ4n) is 1.47. The topological polar surface area (TPSA) is 26.3 Å². The molecule has 1 aliphatic carbocycles. The van der Waals surface area contributed by atoms with E-state index in [4.69, 9.17) is 0 Å². The summed E-state index contributed by atoms with van der Waals surface area (Å²) in [4.78, 5) is 10.5. The van der Waals surface area contributed by atoms with Gasteiger partial charge < -0.3 is 4.74 Å². The largest absolute Gasteiger partial charge is 0.459 e. The van der Waals surface area contributed by atoms with Crippen LogP contribution in [0.1, 0.15) is 0 Å². The first-order valence-corrected chi connectivity index (χ1v) is 4.62. The standard InChI is InChI=1S/C9H6F8O2/c1-2-4(18)19-3-6(11)5(10)7(12,13)9(16,17)8(6,14)15/h2,5H,1,3H2. The molecule has 2 nitrogen and oxygen atoms in total. The minimum absolute atomic E-state index is 0.333. The van der Waals surface area contributed by atoms with Gasteiger partial charge in [-0.3, -0.25) is 0 Å². The van der Waals surface area contributed by atoms with Crippen LogP contribution in [-0.2, 0) is 9.53 Å². The van der Waals surface area contributed by atoms with Crippen molar-refractivity contribution in [3.8, 4) is 0 Å². The molecule has 2 atom stereocenters. The van der Waals surface area contributed by atoms with Crippen LogP contribution in [0.3, 0.4) is 0 Å². The van der Waals surface area contributed by atoms with Gasteiger partial charge in [0.1, 0.15) is 6.61 Å². The summed E-state index contributed by atoms with van der Waals surface area (Å²) < 4.78 is 107. The Balaban J connectivity index is 3.19. The van der Waals surface area contributed by atoms with Crippen LogP contribution in [0.25, 0.3) is 0 Å². The Labute approximate surface area is 101 Å². The van der Waals surface area contributed by atoms with Gasteiger partial charge in [-0.2, -0.15) is 26.3 Å². The van der Waals surface area contributed by atoms with E-state index in [0.717, 1.165) is 0 Å². The van der Waals surface area contributed by atoms with Crippen molar-refractivity contribution in [3.63, 3.8) is 0 Å². The SMILES string of the molecule is C=CC(=O)OCC1(F)C(F)C(F)(F)C(F)(F)C1(F)F. The van der Waals surface area contributed by atoms with E-state index in [1.165, 1.54) is 0 Å². The lowest BCUT2D eigenvalue weighted by molar-refractivity contribution is -0.291. The molecule has 0 amide bonds. The van der Waals surface area contributed by atoms with Gasteiger partial charge in [0, 0.05) is 6.08 Å². The van der Waals surface area contributed by atoms with Crippen LogP contribution in [0.15, 0.2) is 12.7 Å². The van der Waals surface area contributed by atoms with Crippen LogP contribution in [0.2, 0.25) is 0 Å². The molecule has 0 spiro atoms. The maximum atomic E-state index is 13.6. The number of hydrogen-bond donors (Lipinski definition) is 0. The van der Waals surface area contributed by atoms with Gasteiger partial charge in [-0.1, -0.05) is 6.58 Å². The third-order valence-electron chi connectivity index (χ3n) is 2.65. The van der Waals surface area contributed by atoms with Crippen molar-refractivity contribution < 1.29 is 44.7 Å². The molecule has 0 N–H and O–H groups in total. The van der Waals surface area contributed by atoms with E-state index in [1.807, 2.05) is 0 Å². The zero-order valence-electron chi connectivity index (χ0n) is 8.91. The Morgan fingerprint density at radius 3 is 1.89 bits per heavy atom. The molecule has 1 aliphatic rings. The highest BCUT2D eigenvalue weighted by molar-refractivity contribution is 5.81. The second-order valence-corrected chi connectivity index (χ2v) is 3.81. The molecule has 0 saturated heterocycles. The number of hydrogen-bond acceptors (Lipinski definition) is 2. The minimum Gasteiger partial charge on any atom is -0.459 e. The van der Waals surface area contributed by atoms with Gasteiger partial charge in [0.15, 0.2) is 0 Å². The molecule has 1 saturated carbocycles. The summed E-state index contributed by atoms with van der Waals surface area (Å²) in [6.07, 6.45) is -4.21. The quantitative estimate of drug-likeness (QED) is 0.455. The Bertz CT molecular complexity index is 407. The van der Waals surface area contributed by atoms with E-state index < -0.39 is 42.2 Å². The minimum atomic E-state index is -6.26. The van der Waals surface area contributed by atoms with Gasteiger partial charge in [0.25, 0.3) is 5.67 Å². The van der Waals surface area contributed by atoms with Gasteiger partial charge in [-0.25, -0.2) is 13.6 Å². The molecular formula is C9H6F8O2. The zero-order valence-corrected chi connectivity index (χ0v) is 8.91. The Kier molecular flexibility index (Phi) is 3.37. The lowest BCUT2D eigenvalue weighted by atomic mass is 10.0. The first kappa shape index (κ1) is 15.7. The normalized spacial score (nSPS) is 34.8. The molecule has 0 bridgehead atoms. The molecule has 1 fully saturated rings. The number of ether oxygens (including phenoxy) is 1. The number of carbonyl (C=O) groups excluding carboxylic acids is 1. The molecule has 0 heterocycles. The molecule has 0 aromatic heterocycles. The van der Waals surface area contributed by atoms with Crippen molar-refractivity contribution in [2.24, 2.45) is 0 Å². The highest BCUT2D eigenvalue weighted by atomic mass is 19.4. The lowest BCUT2D eigenvalue weighted by Crippen LogP contribution is -2.55. The van der Waals surface area contributed by atoms with E-state index in [-0.39, 0.29) is 0 Å². The average molecular weight is 298 g/mol. The van der Waals surface area contributed by atoms with Gasteiger partial charge in [0.05, 0.1) is 0 Å². The number of carbonyl (C=O) groups is 1. The van der Waals surface area contributed by atoms with E-state index in [2.05, 4.69) is 11.3 Å². The summed E-state index contributed by atoms with van der Waals surface area (Å²) >= 11 is 0. The Hall–Kier alpha value is -1.35. The zero-order chi connectivity index (χ0) is 15.3. The lowest BCUT2D eigenvalue weighted by Gasteiger charge is -2.28. The summed E-state index contributed by atoms with van der Waals surface area (Å²) in [6.45, 7) is 0.472. The van der Waals surface area contributed by atoms with Crippen molar-refractivity contribution in [3.05, 3.63) is 12.7 Å². The molecule has 19 heavy (non-hydrogen) atoms. The molecule has 0 aromatic rings. The van der Waals surface area contributed by atoms with Crippen molar-refractivity contribution in [2.75, 3.05) is 6.61 Å². The predicted molar refractivity (Wildman–Crippen MR) is 44.7 cm³/mol. The van der Waals surface area contributed by atoms with Crippen LogP contribution >= 0.6 is 0 Å². The second kappa shape index (κ2) is 4.07. The maximum Gasteiger partial charge on any atom is 0.378 e. The van der Waals surface area contributed by atoms with Gasteiger partial charge in [-0.15, -0.1) is 0 Å². The molecule has 110 valence electrons. The molecule has 2 unspecified atom stereocenters. The van der Waals surface area contributed by atoms with Crippen molar-refractivity contribution in [1.29, 1.82) is 0 Å². The van der Waals surface area contributed by atoms with Crippen LogP contribution in [0, 0.1) is 0 Å². The molecule has 10 heteroatoms. The molecule has 0 radical (unpaired) electrons. The first-order valence-electron chi connectivity index (χ1n) is 4.62.